The third-order valence-electron chi connectivity index (χ3n) is 6.15. The standard InChI is InChI=1S/C23H26N4O3S/c1-15-5-3-6-16(2)22(15)26-31(29,30)20-9-8-17-12-21(25-14-18(17)11-20)23(28)27-10-4-7-19(27)13-24/h3,5-6,8-9,11,19,21,25-26H,4,7,10,12,14H2,1-2H3/t19-,21-/m0/s1. The Labute approximate surface area is 183 Å². The number of hydrogen-bond acceptors (Lipinski definition) is 5. The predicted molar refractivity (Wildman–Crippen MR) is 118 cm³/mol. The SMILES string of the molecule is Cc1cccc(C)c1NS(=O)(=O)c1ccc2c(c1)CN[C@H](C(=O)N1CCC[C@H]1C#N)C2. The van der Waals surface area contributed by atoms with Crippen LogP contribution in [0.5, 0.6) is 0 Å². The van der Waals surface area contributed by atoms with Crippen LogP contribution in [0.25, 0.3) is 0 Å². The van der Waals surface area contributed by atoms with Gasteiger partial charge in [-0.2, -0.15) is 5.26 Å². The lowest BCUT2D eigenvalue weighted by atomic mass is 9.95. The van der Waals surface area contributed by atoms with E-state index in [4.69, 9.17) is 0 Å². The molecule has 162 valence electrons. The molecular weight excluding hydrogens is 412 g/mol. The van der Waals surface area contributed by atoms with Crippen LogP contribution in [-0.4, -0.2) is 37.9 Å². The number of aryl methyl sites for hydroxylation is 2. The first kappa shape index (κ1) is 21.3. The lowest BCUT2D eigenvalue weighted by Crippen LogP contribution is -2.50. The smallest absolute Gasteiger partial charge is 0.261 e. The number of carbonyl (C=O) groups excluding carboxylic acids is 1. The number of hydrogen-bond donors (Lipinski definition) is 2. The Kier molecular flexibility index (Phi) is 5.73. The van der Waals surface area contributed by atoms with Gasteiger partial charge in [0.15, 0.2) is 0 Å². The van der Waals surface area contributed by atoms with Gasteiger partial charge in [-0.25, -0.2) is 8.42 Å². The van der Waals surface area contributed by atoms with Crippen molar-refractivity contribution in [2.45, 2.75) is 56.6 Å². The highest BCUT2D eigenvalue weighted by Crippen LogP contribution is 2.27. The molecule has 2 aromatic rings. The first-order valence-electron chi connectivity index (χ1n) is 10.4. The molecule has 1 amide bonds. The Bertz CT molecular complexity index is 1150. The number of amides is 1. The van der Waals surface area contributed by atoms with Gasteiger partial charge in [-0.3, -0.25) is 9.52 Å². The van der Waals surface area contributed by atoms with E-state index in [-0.39, 0.29) is 16.8 Å². The van der Waals surface area contributed by atoms with Crippen LogP contribution in [0.2, 0.25) is 0 Å². The van der Waals surface area contributed by atoms with Crippen LogP contribution in [0, 0.1) is 25.2 Å². The topological polar surface area (TPSA) is 102 Å². The number of rotatable bonds is 4. The van der Waals surface area contributed by atoms with Crippen LogP contribution in [-0.2, 0) is 27.8 Å². The number of sulfonamides is 1. The number of nitriles is 1. The number of para-hydroxylation sites is 1. The number of nitrogens with zero attached hydrogens (tertiary/aromatic N) is 2. The number of anilines is 1. The number of likely N-dealkylation sites (tertiary alicyclic amines) is 1. The molecule has 2 heterocycles. The van der Waals surface area contributed by atoms with Crippen molar-refractivity contribution in [2.24, 2.45) is 0 Å². The molecule has 0 spiro atoms. The van der Waals surface area contributed by atoms with Gasteiger partial charge in [0.05, 0.1) is 22.7 Å². The van der Waals surface area contributed by atoms with Crippen molar-refractivity contribution in [3.63, 3.8) is 0 Å². The van der Waals surface area contributed by atoms with Gasteiger partial charge in [-0.1, -0.05) is 24.3 Å². The van der Waals surface area contributed by atoms with Crippen LogP contribution >= 0.6 is 0 Å². The largest absolute Gasteiger partial charge is 0.325 e. The quantitative estimate of drug-likeness (QED) is 0.764. The van der Waals surface area contributed by atoms with Crippen LogP contribution < -0.4 is 10.0 Å². The zero-order valence-electron chi connectivity index (χ0n) is 17.7. The highest BCUT2D eigenvalue weighted by molar-refractivity contribution is 7.92. The molecule has 2 aliphatic heterocycles. The van der Waals surface area contributed by atoms with Crippen LogP contribution in [0.3, 0.4) is 0 Å². The number of benzene rings is 2. The van der Waals surface area contributed by atoms with E-state index < -0.39 is 16.1 Å². The van der Waals surface area contributed by atoms with Gasteiger partial charge in [-0.15, -0.1) is 0 Å². The fourth-order valence-electron chi connectivity index (χ4n) is 4.37. The second kappa shape index (κ2) is 8.33. The van der Waals surface area contributed by atoms with Crippen LogP contribution in [0.4, 0.5) is 5.69 Å². The lowest BCUT2D eigenvalue weighted by molar-refractivity contribution is -0.133. The average molecular weight is 439 g/mol. The summed E-state index contributed by atoms with van der Waals surface area (Å²) in [7, 11) is -3.73. The van der Waals surface area contributed by atoms with E-state index in [1.807, 2.05) is 32.0 Å². The van der Waals surface area contributed by atoms with Crippen molar-refractivity contribution in [1.29, 1.82) is 5.26 Å². The van der Waals surface area contributed by atoms with Crippen molar-refractivity contribution in [2.75, 3.05) is 11.3 Å². The third kappa shape index (κ3) is 4.16. The van der Waals surface area contributed by atoms with Gasteiger partial charge in [0.2, 0.25) is 5.91 Å². The maximum atomic E-state index is 13.0. The molecule has 0 radical (unpaired) electrons. The number of nitrogens with one attached hydrogen (secondary N) is 2. The van der Waals surface area contributed by atoms with E-state index in [2.05, 4.69) is 16.1 Å². The molecule has 1 saturated heterocycles. The summed E-state index contributed by atoms with van der Waals surface area (Å²) in [6.45, 7) is 4.76. The molecule has 8 heteroatoms. The first-order chi connectivity index (χ1) is 14.8. The Hall–Kier alpha value is -2.89. The van der Waals surface area contributed by atoms with E-state index in [1.54, 1.807) is 23.1 Å². The van der Waals surface area contributed by atoms with Gasteiger partial charge >= 0.3 is 0 Å². The van der Waals surface area contributed by atoms with Crippen LogP contribution in [0.1, 0.15) is 35.1 Å². The molecule has 2 aliphatic rings. The van der Waals surface area contributed by atoms with E-state index >= 15 is 0 Å². The molecule has 0 aromatic heterocycles. The fourth-order valence-corrected chi connectivity index (χ4v) is 5.62. The molecule has 31 heavy (non-hydrogen) atoms. The van der Waals surface area contributed by atoms with E-state index in [0.717, 1.165) is 35.1 Å². The van der Waals surface area contributed by atoms with Crippen molar-refractivity contribution < 1.29 is 13.2 Å². The molecule has 0 bridgehead atoms. The second-order valence-electron chi connectivity index (χ2n) is 8.26. The number of carbonyl (C=O) groups is 1. The van der Waals surface area contributed by atoms with Crippen molar-refractivity contribution in [3.8, 4) is 6.07 Å². The highest BCUT2D eigenvalue weighted by Gasteiger charge is 2.34. The molecule has 0 unspecified atom stereocenters. The van der Waals surface area contributed by atoms with Gasteiger partial charge in [0.1, 0.15) is 6.04 Å². The zero-order chi connectivity index (χ0) is 22.2. The lowest BCUT2D eigenvalue weighted by Gasteiger charge is -2.30. The normalized spacial score (nSPS) is 20.7. The van der Waals surface area contributed by atoms with Crippen molar-refractivity contribution in [1.82, 2.24) is 10.2 Å². The minimum Gasteiger partial charge on any atom is -0.325 e. The molecule has 2 atom stereocenters. The molecule has 7 nitrogen and oxygen atoms in total. The molecule has 4 rings (SSSR count). The molecule has 2 aromatic carbocycles. The summed E-state index contributed by atoms with van der Waals surface area (Å²) in [5.41, 5.74) is 4.15. The van der Waals surface area contributed by atoms with E-state index in [1.165, 1.54) is 0 Å². The average Bonchev–Trinajstić information content (AvgIpc) is 3.24. The van der Waals surface area contributed by atoms with Gasteiger partial charge < -0.3 is 10.2 Å². The first-order valence-corrected chi connectivity index (χ1v) is 11.9. The summed E-state index contributed by atoms with van der Waals surface area (Å²) in [5.74, 6) is -0.0527. The molecule has 1 fully saturated rings. The fraction of sp³-hybridized carbons (Fsp3) is 0.391. The zero-order valence-corrected chi connectivity index (χ0v) is 18.5. The predicted octanol–water partition coefficient (Wildman–Crippen LogP) is 2.63. The Morgan fingerprint density at radius 1 is 1.19 bits per heavy atom. The van der Waals surface area contributed by atoms with Crippen molar-refractivity contribution >= 4 is 21.6 Å². The monoisotopic (exact) mass is 438 g/mol. The third-order valence-corrected chi connectivity index (χ3v) is 7.50. The van der Waals surface area contributed by atoms with Gasteiger partial charge in [-0.05, 0) is 67.5 Å². The van der Waals surface area contributed by atoms with Crippen LogP contribution in [0.15, 0.2) is 41.3 Å². The molecular formula is C23H26N4O3S. The molecule has 0 aliphatic carbocycles. The summed E-state index contributed by atoms with van der Waals surface area (Å²) in [6.07, 6.45) is 2.05. The Morgan fingerprint density at radius 3 is 2.65 bits per heavy atom. The van der Waals surface area contributed by atoms with Crippen molar-refractivity contribution in [3.05, 3.63) is 58.7 Å². The summed E-state index contributed by atoms with van der Waals surface area (Å²) >= 11 is 0. The van der Waals surface area contributed by atoms with E-state index in [9.17, 15) is 18.5 Å². The maximum absolute atomic E-state index is 13.0. The summed E-state index contributed by atoms with van der Waals surface area (Å²) in [5, 5.41) is 12.5. The minimum absolute atomic E-state index is 0.0527. The minimum atomic E-state index is -3.73. The Balaban J connectivity index is 1.53. The Morgan fingerprint density at radius 2 is 1.94 bits per heavy atom. The molecule has 2 N–H and O–H groups in total. The second-order valence-corrected chi connectivity index (χ2v) is 9.94. The number of fused-ring (bicyclic) bond motifs is 1. The molecule has 0 saturated carbocycles. The maximum Gasteiger partial charge on any atom is 0.261 e. The van der Waals surface area contributed by atoms with E-state index in [0.29, 0.717) is 25.2 Å². The summed E-state index contributed by atoms with van der Waals surface area (Å²) < 4.78 is 28.7. The summed E-state index contributed by atoms with van der Waals surface area (Å²) in [6, 6.07) is 12.2. The van der Waals surface area contributed by atoms with Gasteiger partial charge in [0.25, 0.3) is 10.0 Å². The van der Waals surface area contributed by atoms with Gasteiger partial charge in [0, 0.05) is 13.1 Å². The summed E-state index contributed by atoms with van der Waals surface area (Å²) in [4.78, 5) is 14.7. The highest BCUT2D eigenvalue weighted by atomic mass is 32.2.